The predicted octanol–water partition coefficient (Wildman–Crippen LogP) is 0.378. The third kappa shape index (κ3) is 2.67. The van der Waals surface area contributed by atoms with Gasteiger partial charge in [0, 0.05) is 25.6 Å². The standard InChI is InChI=1S/C7H14N2O.ClH/c1-2-3-9-5-6(8)4-7(9)10;/h6H,2-5,8H2,1H3;1H. The SMILES string of the molecule is CCCN1CC(N)CC1=O.Cl. The third-order valence-corrected chi connectivity index (χ3v) is 1.74. The first-order chi connectivity index (χ1) is 4.74. The maximum atomic E-state index is 11.0. The van der Waals surface area contributed by atoms with E-state index in [1.54, 1.807) is 0 Å². The van der Waals surface area contributed by atoms with Gasteiger partial charge in [0.15, 0.2) is 0 Å². The minimum absolute atomic E-state index is 0. The molecule has 1 saturated heterocycles. The van der Waals surface area contributed by atoms with Crippen LogP contribution in [0, 0.1) is 0 Å². The van der Waals surface area contributed by atoms with Crippen LogP contribution in [-0.2, 0) is 4.79 Å². The van der Waals surface area contributed by atoms with Crippen LogP contribution in [-0.4, -0.2) is 29.9 Å². The van der Waals surface area contributed by atoms with Crippen LogP contribution in [0.2, 0.25) is 0 Å². The van der Waals surface area contributed by atoms with Gasteiger partial charge < -0.3 is 10.6 Å². The lowest BCUT2D eigenvalue weighted by Crippen LogP contribution is -2.28. The molecule has 0 aromatic heterocycles. The Bertz CT molecular complexity index is 140. The Morgan fingerprint density at radius 3 is 2.73 bits per heavy atom. The maximum Gasteiger partial charge on any atom is 0.224 e. The number of carbonyl (C=O) groups is 1. The van der Waals surface area contributed by atoms with Gasteiger partial charge in [-0.1, -0.05) is 6.92 Å². The highest BCUT2D eigenvalue weighted by Gasteiger charge is 2.25. The molecule has 0 aromatic rings. The lowest BCUT2D eigenvalue weighted by molar-refractivity contribution is -0.127. The normalized spacial score (nSPS) is 23.6. The average molecular weight is 179 g/mol. The van der Waals surface area contributed by atoms with E-state index in [-0.39, 0.29) is 24.4 Å². The molecule has 0 aromatic carbocycles. The Kier molecular flexibility index (Phi) is 4.45. The molecule has 0 bridgehead atoms. The fourth-order valence-electron chi connectivity index (χ4n) is 1.29. The molecule has 0 spiro atoms. The number of hydrogen-bond acceptors (Lipinski definition) is 2. The van der Waals surface area contributed by atoms with E-state index in [0.29, 0.717) is 6.42 Å². The second kappa shape index (κ2) is 4.57. The molecule has 3 nitrogen and oxygen atoms in total. The molecular formula is C7H15ClN2O. The highest BCUT2D eigenvalue weighted by Crippen LogP contribution is 2.08. The molecule has 1 atom stereocenters. The van der Waals surface area contributed by atoms with Crippen LogP contribution in [0.15, 0.2) is 0 Å². The Morgan fingerprint density at radius 1 is 1.73 bits per heavy atom. The van der Waals surface area contributed by atoms with Crippen molar-refractivity contribution in [1.82, 2.24) is 4.90 Å². The van der Waals surface area contributed by atoms with E-state index < -0.39 is 0 Å². The Hall–Kier alpha value is -0.280. The van der Waals surface area contributed by atoms with E-state index in [1.807, 2.05) is 4.90 Å². The molecular weight excluding hydrogens is 164 g/mol. The summed E-state index contributed by atoms with van der Waals surface area (Å²) in [6.45, 7) is 3.69. The molecule has 0 aliphatic carbocycles. The van der Waals surface area contributed by atoms with E-state index in [1.165, 1.54) is 0 Å². The topological polar surface area (TPSA) is 46.3 Å². The summed E-state index contributed by atoms with van der Waals surface area (Å²) in [7, 11) is 0. The van der Waals surface area contributed by atoms with Crippen LogP contribution in [0.5, 0.6) is 0 Å². The number of amides is 1. The zero-order valence-electron chi connectivity index (χ0n) is 6.75. The molecule has 11 heavy (non-hydrogen) atoms. The van der Waals surface area contributed by atoms with Crippen molar-refractivity contribution in [2.45, 2.75) is 25.8 Å². The van der Waals surface area contributed by atoms with Crippen molar-refractivity contribution in [2.75, 3.05) is 13.1 Å². The summed E-state index contributed by atoms with van der Waals surface area (Å²) in [5, 5.41) is 0. The van der Waals surface area contributed by atoms with Crippen LogP contribution < -0.4 is 5.73 Å². The fraction of sp³-hybridized carbons (Fsp3) is 0.857. The monoisotopic (exact) mass is 178 g/mol. The van der Waals surface area contributed by atoms with Gasteiger partial charge in [-0.2, -0.15) is 0 Å². The van der Waals surface area contributed by atoms with Gasteiger partial charge in [-0.3, -0.25) is 4.79 Å². The summed E-state index contributed by atoms with van der Waals surface area (Å²) in [4.78, 5) is 12.9. The third-order valence-electron chi connectivity index (χ3n) is 1.74. The molecule has 0 saturated carbocycles. The van der Waals surface area contributed by atoms with Crippen molar-refractivity contribution in [3.05, 3.63) is 0 Å². The van der Waals surface area contributed by atoms with Crippen LogP contribution in [0.3, 0.4) is 0 Å². The quantitative estimate of drug-likeness (QED) is 0.665. The van der Waals surface area contributed by atoms with Gasteiger partial charge in [-0.05, 0) is 6.42 Å². The summed E-state index contributed by atoms with van der Waals surface area (Å²) in [5.41, 5.74) is 5.58. The number of halogens is 1. The lowest BCUT2D eigenvalue weighted by Gasteiger charge is -2.13. The molecule has 1 amide bonds. The summed E-state index contributed by atoms with van der Waals surface area (Å²) in [6, 6.07) is 0.0825. The molecule has 66 valence electrons. The number of likely N-dealkylation sites (tertiary alicyclic amines) is 1. The van der Waals surface area contributed by atoms with E-state index in [0.717, 1.165) is 19.5 Å². The van der Waals surface area contributed by atoms with E-state index in [4.69, 9.17) is 5.73 Å². The first-order valence-electron chi connectivity index (χ1n) is 3.77. The first kappa shape index (κ1) is 10.7. The van der Waals surface area contributed by atoms with Gasteiger partial charge in [-0.15, -0.1) is 12.4 Å². The minimum Gasteiger partial charge on any atom is -0.341 e. The van der Waals surface area contributed by atoms with Gasteiger partial charge in [0.05, 0.1) is 0 Å². The first-order valence-corrected chi connectivity index (χ1v) is 3.77. The molecule has 1 rings (SSSR count). The van der Waals surface area contributed by atoms with Crippen LogP contribution in [0.4, 0.5) is 0 Å². The zero-order chi connectivity index (χ0) is 7.56. The van der Waals surface area contributed by atoms with Crippen molar-refractivity contribution >= 4 is 18.3 Å². The molecule has 4 heteroatoms. The van der Waals surface area contributed by atoms with Gasteiger partial charge >= 0.3 is 0 Å². The minimum atomic E-state index is 0. The highest BCUT2D eigenvalue weighted by molar-refractivity contribution is 5.85. The second-order valence-corrected chi connectivity index (χ2v) is 2.80. The Morgan fingerprint density at radius 2 is 2.36 bits per heavy atom. The van der Waals surface area contributed by atoms with Gasteiger partial charge in [0.25, 0.3) is 0 Å². The van der Waals surface area contributed by atoms with E-state index in [2.05, 4.69) is 6.92 Å². The number of carbonyl (C=O) groups excluding carboxylic acids is 1. The Balaban J connectivity index is 0.000001000. The summed E-state index contributed by atoms with van der Waals surface area (Å²) in [6.07, 6.45) is 1.57. The van der Waals surface area contributed by atoms with Crippen molar-refractivity contribution < 1.29 is 4.79 Å². The van der Waals surface area contributed by atoms with E-state index >= 15 is 0 Å². The predicted molar refractivity (Wildman–Crippen MR) is 46.7 cm³/mol. The molecule has 1 aliphatic rings. The van der Waals surface area contributed by atoms with Crippen LogP contribution in [0.1, 0.15) is 19.8 Å². The number of nitrogens with zero attached hydrogens (tertiary/aromatic N) is 1. The van der Waals surface area contributed by atoms with Crippen LogP contribution in [0.25, 0.3) is 0 Å². The average Bonchev–Trinajstić information content (AvgIpc) is 2.13. The molecule has 1 heterocycles. The number of rotatable bonds is 2. The number of hydrogen-bond donors (Lipinski definition) is 1. The van der Waals surface area contributed by atoms with Crippen molar-refractivity contribution in [1.29, 1.82) is 0 Å². The largest absolute Gasteiger partial charge is 0.341 e. The molecule has 1 aliphatic heterocycles. The van der Waals surface area contributed by atoms with Crippen LogP contribution >= 0.6 is 12.4 Å². The second-order valence-electron chi connectivity index (χ2n) is 2.80. The van der Waals surface area contributed by atoms with Gasteiger partial charge in [-0.25, -0.2) is 0 Å². The summed E-state index contributed by atoms with van der Waals surface area (Å²) < 4.78 is 0. The van der Waals surface area contributed by atoms with Gasteiger partial charge in [0.2, 0.25) is 5.91 Å². The fourth-order valence-corrected chi connectivity index (χ4v) is 1.29. The maximum absolute atomic E-state index is 11.0. The highest BCUT2D eigenvalue weighted by atomic mass is 35.5. The molecule has 1 unspecified atom stereocenters. The van der Waals surface area contributed by atoms with Crippen molar-refractivity contribution in [2.24, 2.45) is 5.73 Å². The zero-order valence-corrected chi connectivity index (χ0v) is 7.56. The van der Waals surface area contributed by atoms with Gasteiger partial charge in [0.1, 0.15) is 0 Å². The molecule has 0 radical (unpaired) electrons. The molecule has 1 fully saturated rings. The number of nitrogens with two attached hydrogens (primary N) is 1. The summed E-state index contributed by atoms with van der Waals surface area (Å²) >= 11 is 0. The Labute approximate surface area is 73.3 Å². The summed E-state index contributed by atoms with van der Waals surface area (Å²) in [5.74, 6) is 0.217. The van der Waals surface area contributed by atoms with Crippen molar-refractivity contribution in [3.8, 4) is 0 Å². The lowest BCUT2D eigenvalue weighted by atomic mass is 10.3. The smallest absolute Gasteiger partial charge is 0.224 e. The molecule has 2 N–H and O–H groups in total. The van der Waals surface area contributed by atoms with E-state index in [9.17, 15) is 4.79 Å². The van der Waals surface area contributed by atoms with Crippen molar-refractivity contribution in [3.63, 3.8) is 0 Å².